The second kappa shape index (κ2) is 10.2. The maximum absolute atomic E-state index is 13.2. The normalized spacial score (nSPS) is 21.3. The van der Waals surface area contributed by atoms with E-state index in [4.69, 9.17) is 0 Å². The number of carbonyl (C=O) groups excluding carboxylic acids is 1. The second-order valence-electron chi connectivity index (χ2n) is 10.2. The molecule has 2 fully saturated rings. The van der Waals surface area contributed by atoms with Crippen molar-refractivity contribution in [3.05, 3.63) is 59.9 Å². The zero-order chi connectivity index (χ0) is 26.2. The Labute approximate surface area is 214 Å². The number of likely N-dealkylation sites (N-methyl/N-ethyl adjacent to an activating group) is 1. The van der Waals surface area contributed by atoms with Gasteiger partial charge >= 0.3 is 6.18 Å². The van der Waals surface area contributed by atoms with E-state index in [0.29, 0.717) is 11.4 Å². The number of hydrogen-bond donors (Lipinski definition) is 1. The van der Waals surface area contributed by atoms with E-state index in [2.05, 4.69) is 27.1 Å². The smallest absolute Gasteiger partial charge is 0.369 e. The molecule has 0 atom stereocenters. The van der Waals surface area contributed by atoms with E-state index in [1.54, 1.807) is 12.1 Å². The molecule has 1 N–H and O–H groups in total. The molecule has 1 aliphatic heterocycles. The van der Waals surface area contributed by atoms with Gasteiger partial charge in [0.1, 0.15) is 11.5 Å². The number of pyridine rings is 1. The highest BCUT2D eigenvalue weighted by atomic mass is 19.4. The molecule has 1 aromatic carbocycles. The maximum atomic E-state index is 13.2. The summed E-state index contributed by atoms with van der Waals surface area (Å²) in [5.41, 5.74) is 1.18. The first-order chi connectivity index (χ1) is 17.7. The molecule has 3 aromatic rings. The van der Waals surface area contributed by atoms with Gasteiger partial charge in [0.2, 0.25) is 0 Å². The first kappa shape index (κ1) is 25.4. The van der Waals surface area contributed by atoms with Gasteiger partial charge in [-0.05, 0) is 69.1 Å². The van der Waals surface area contributed by atoms with Crippen LogP contribution in [0.4, 0.5) is 24.7 Å². The molecule has 1 aliphatic carbocycles. The van der Waals surface area contributed by atoms with Crippen molar-refractivity contribution in [3.8, 4) is 0 Å². The molecule has 0 radical (unpaired) electrons. The Kier molecular flexibility index (Phi) is 7.02. The Morgan fingerprint density at radius 1 is 1.00 bits per heavy atom. The molecular formula is C27H33F3N6O. The van der Waals surface area contributed by atoms with Crippen LogP contribution in [0.1, 0.15) is 41.7 Å². The van der Waals surface area contributed by atoms with E-state index >= 15 is 0 Å². The summed E-state index contributed by atoms with van der Waals surface area (Å²) in [6, 6.07) is 13.2. The molecule has 37 heavy (non-hydrogen) atoms. The first-order valence-corrected chi connectivity index (χ1v) is 12.8. The lowest BCUT2D eigenvalue weighted by Gasteiger charge is -2.36. The fraction of sp³-hybridized carbons (Fsp3) is 0.481. The molecule has 2 aromatic heterocycles. The van der Waals surface area contributed by atoms with Crippen LogP contribution in [0, 0.1) is 0 Å². The number of hydrogen-bond acceptors (Lipinski definition) is 5. The summed E-state index contributed by atoms with van der Waals surface area (Å²) in [4.78, 5) is 23.3. The summed E-state index contributed by atoms with van der Waals surface area (Å²) in [6.45, 7) is 4.04. The molecule has 1 saturated heterocycles. The summed E-state index contributed by atoms with van der Waals surface area (Å²) in [6.07, 6.45) is -0.130. The Morgan fingerprint density at radius 2 is 1.68 bits per heavy atom. The number of amides is 1. The molecule has 0 spiro atoms. The van der Waals surface area contributed by atoms with Gasteiger partial charge in [-0.1, -0.05) is 6.07 Å². The summed E-state index contributed by atoms with van der Waals surface area (Å²) >= 11 is 0. The number of alkyl halides is 3. The number of nitrogens with one attached hydrogen (secondary N) is 1. The minimum Gasteiger partial charge on any atom is -0.369 e. The Hall–Kier alpha value is -3.27. The number of nitrogens with zero attached hydrogens (tertiary/aromatic N) is 5. The fourth-order valence-electron chi connectivity index (χ4n) is 5.37. The summed E-state index contributed by atoms with van der Waals surface area (Å²) < 4.78 is 41.0. The highest BCUT2D eigenvalue weighted by Gasteiger charge is 2.34. The monoisotopic (exact) mass is 514 g/mol. The number of halogens is 3. The molecule has 1 saturated carbocycles. The van der Waals surface area contributed by atoms with Crippen LogP contribution in [0.2, 0.25) is 0 Å². The van der Waals surface area contributed by atoms with Crippen molar-refractivity contribution in [1.29, 1.82) is 0 Å². The van der Waals surface area contributed by atoms with E-state index < -0.39 is 11.9 Å². The van der Waals surface area contributed by atoms with Gasteiger partial charge in [-0.25, -0.2) is 4.98 Å². The molecule has 0 unspecified atom stereocenters. The van der Waals surface area contributed by atoms with Crippen molar-refractivity contribution in [2.75, 3.05) is 50.1 Å². The van der Waals surface area contributed by atoms with Gasteiger partial charge in [-0.3, -0.25) is 9.20 Å². The third-order valence-electron chi connectivity index (χ3n) is 7.70. The van der Waals surface area contributed by atoms with E-state index in [9.17, 15) is 18.0 Å². The average Bonchev–Trinajstić information content (AvgIpc) is 3.35. The summed E-state index contributed by atoms with van der Waals surface area (Å²) in [5.74, 6) is 0.609. The van der Waals surface area contributed by atoms with Crippen LogP contribution < -0.4 is 15.1 Å². The summed E-state index contributed by atoms with van der Waals surface area (Å²) in [5, 5.41) is 3.17. The Balaban J connectivity index is 1.17. The third-order valence-corrected chi connectivity index (χ3v) is 7.70. The van der Waals surface area contributed by atoms with Crippen LogP contribution in [0.15, 0.2) is 48.7 Å². The van der Waals surface area contributed by atoms with E-state index in [-0.39, 0.29) is 23.6 Å². The molecule has 0 bridgehead atoms. The number of rotatable bonds is 5. The SMILES string of the molecule is CN1CCN(c2ccc(C(=O)N[C@H]3CC[C@@H](N(C)c4cccc5nc(C(F)(F)F)cn45)CC3)cc2)CC1. The minimum absolute atomic E-state index is 0.0652. The van der Waals surface area contributed by atoms with Gasteiger partial charge in [0, 0.05) is 62.8 Å². The molecule has 2 aliphatic rings. The maximum Gasteiger partial charge on any atom is 0.434 e. The Morgan fingerprint density at radius 3 is 2.32 bits per heavy atom. The van der Waals surface area contributed by atoms with E-state index in [1.165, 1.54) is 4.40 Å². The lowest BCUT2D eigenvalue weighted by atomic mass is 9.90. The number of anilines is 2. The summed E-state index contributed by atoms with van der Waals surface area (Å²) in [7, 11) is 4.04. The van der Waals surface area contributed by atoms with Crippen LogP contribution in [-0.2, 0) is 6.18 Å². The van der Waals surface area contributed by atoms with Crippen LogP contribution in [-0.4, -0.2) is 72.5 Å². The molecule has 198 valence electrons. The number of aromatic nitrogens is 2. The standard InChI is InChI=1S/C27H33F3N6O/c1-33-14-16-35(17-15-33)22-10-6-19(7-11-22)26(37)31-20-8-12-21(13-9-20)34(2)25-5-3-4-24-32-23(18-36(24)25)27(28,29)30/h3-7,10-11,18,20-21H,8-9,12-17H2,1-2H3,(H,31,37)/t20-,21+. The molecule has 1 amide bonds. The average molecular weight is 515 g/mol. The van der Waals surface area contributed by atoms with Crippen molar-refractivity contribution >= 4 is 23.1 Å². The van der Waals surface area contributed by atoms with Crippen LogP contribution >= 0.6 is 0 Å². The van der Waals surface area contributed by atoms with E-state index in [1.807, 2.05) is 42.3 Å². The van der Waals surface area contributed by atoms with Crippen molar-refractivity contribution in [2.24, 2.45) is 0 Å². The van der Waals surface area contributed by atoms with Crippen LogP contribution in [0.25, 0.3) is 5.65 Å². The number of piperazine rings is 1. The number of benzene rings is 1. The third kappa shape index (κ3) is 5.53. The van der Waals surface area contributed by atoms with Crippen LogP contribution in [0.3, 0.4) is 0 Å². The quantitative estimate of drug-likeness (QED) is 0.551. The lowest BCUT2D eigenvalue weighted by Crippen LogP contribution is -2.44. The molecule has 3 heterocycles. The second-order valence-corrected chi connectivity index (χ2v) is 10.2. The fourth-order valence-corrected chi connectivity index (χ4v) is 5.37. The van der Waals surface area contributed by atoms with Crippen molar-refractivity contribution in [3.63, 3.8) is 0 Å². The lowest BCUT2D eigenvalue weighted by molar-refractivity contribution is -0.140. The number of imidazole rings is 1. The largest absolute Gasteiger partial charge is 0.434 e. The Bertz CT molecular complexity index is 1230. The zero-order valence-electron chi connectivity index (χ0n) is 21.2. The van der Waals surface area contributed by atoms with Gasteiger partial charge in [-0.2, -0.15) is 13.2 Å². The predicted octanol–water partition coefficient (Wildman–Crippen LogP) is 4.28. The van der Waals surface area contributed by atoms with Crippen molar-refractivity contribution in [1.82, 2.24) is 19.6 Å². The highest BCUT2D eigenvalue weighted by Crippen LogP contribution is 2.32. The topological polar surface area (TPSA) is 56.1 Å². The minimum atomic E-state index is -4.48. The van der Waals surface area contributed by atoms with Gasteiger partial charge in [0.25, 0.3) is 5.91 Å². The van der Waals surface area contributed by atoms with Crippen molar-refractivity contribution < 1.29 is 18.0 Å². The first-order valence-electron chi connectivity index (χ1n) is 12.8. The highest BCUT2D eigenvalue weighted by molar-refractivity contribution is 5.94. The molecule has 10 heteroatoms. The van der Waals surface area contributed by atoms with Crippen molar-refractivity contribution in [2.45, 2.75) is 43.9 Å². The number of carbonyl (C=O) groups is 1. The van der Waals surface area contributed by atoms with Gasteiger partial charge < -0.3 is 20.0 Å². The van der Waals surface area contributed by atoms with Gasteiger partial charge in [0.05, 0.1) is 0 Å². The van der Waals surface area contributed by atoms with E-state index in [0.717, 1.165) is 63.7 Å². The predicted molar refractivity (Wildman–Crippen MR) is 138 cm³/mol. The number of fused-ring (bicyclic) bond motifs is 1. The molecule has 7 nitrogen and oxygen atoms in total. The van der Waals surface area contributed by atoms with Gasteiger partial charge in [0.15, 0.2) is 5.69 Å². The zero-order valence-corrected chi connectivity index (χ0v) is 21.2. The van der Waals surface area contributed by atoms with Gasteiger partial charge in [-0.15, -0.1) is 0 Å². The molecular weight excluding hydrogens is 481 g/mol. The molecule has 5 rings (SSSR count). The van der Waals surface area contributed by atoms with Crippen LogP contribution in [0.5, 0.6) is 0 Å².